The summed E-state index contributed by atoms with van der Waals surface area (Å²) in [5.74, 6) is -0.828. The van der Waals surface area contributed by atoms with Crippen LogP contribution in [0.15, 0.2) is 54.6 Å². The fraction of sp³-hybridized carbons (Fsp3) is 0.375. The Balaban J connectivity index is 1.66. The third-order valence-electron chi connectivity index (χ3n) is 4.19. The van der Waals surface area contributed by atoms with Crippen molar-refractivity contribution in [2.75, 3.05) is 11.9 Å². The number of rotatable bonds is 9. The van der Waals surface area contributed by atoms with E-state index in [1.54, 1.807) is 24.3 Å². The molecule has 0 unspecified atom stereocenters. The lowest BCUT2D eigenvalue weighted by Gasteiger charge is -2.20. The molecule has 2 N–H and O–H groups in total. The number of hydrogen-bond acceptors (Lipinski definition) is 4. The van der Waals surface area contributed by atoms with E-state index in [-0.39, 0.29) is 36.2 Å². The SMILES string of the molecule is CC(C)(C)NC(=O)c1ccc(NC(=O)CCC(=O)OCCCc2ccccc2)cc1. The third-order valence-corrected chi connectivity index (χ3v) is 4.19. The van der Waals surface area contributed by atoms with E-state index in [0.29, 0.717) is 17.9 Å². The van der Waals surface area contributed by atoms with E-state index >= 15 is 0 Å². The van der Waals surface area contributed by atoms with Gasteiger partial charge in [-0.3, -0.25) is 14.4 Å². The van der Waals surface area contributed by atoms with Gasteiger partial charge in [-0.2, -0.15) is 0 Å². The molecule has 6 heteroatoms. The summed E-state index contributed by atoms with van der Waals surface area (Å²) in [6.07, 6.45) is 1.67. The van der Waals surface area contributed by atoms with Crippen LogP contribution in [0, 0.1) is 0 Å². The number of benzene rings is 2. The fourth-order valence-corrected chi connectivity index (χ4v) is 2.74. The van der Waals surface area contributed by atoms with Crippen molar-refractivity contribution in [2.45, 2.75) is 52.0 Å². The Morgan fingerprint density at radius 1 is 0.900 bits per heavy atom. The van der Waals surface area contributed by atoms with Gasteiger partial charge in [0, 0.05) is 23.2 Å². The Labute approximate surface area is 178 Å². The van der Waals surface area contributed by atoms with E-state index in [9.17, 15) is 14.4 Å². The second kappa shape index (κ2) is 11.1. The predicted octanol–water partition coefficient (Wildman–Crippen LogP) is 4.11. The van der Waals surface area contributed by atoms with Crippen LogP contribution in [-0.2, 0) is 20.7 Å². The Kier molecular flexibility index (Phi) is 8.59. The maximum Gasteiger partial charge on any atom is 0.306 e. The first-order chi connectivity index (χ1) is 14.2. The number of nitrogens with one attached hydrogen (secondary N) is 2. The molecule has 0 fully saturated rings. The van der Waals surface area contributed by atoms with Gasteiger partial charge in [0.05, 0.1) is 13.0 Å². The van der Waals surface area contributed by atoms with Gasteiger partial charge in [0.25, 0.3) is 5.91 Å². The lowest BCUT2D eigenvalue weighted by atomic mass is 10.1. The minimum Gasteiger partial charge on any atom is -0.466 e. The number of hydrogen-bond donors (Lipinski definition) is 2. The molecule has 0 saturated heterocycles. The van der Waals surface area contributed by atoms with Gasteiger partial charge in [0.2, 0.25) is 5.91 Å². The molecule has 0 aliphatic rings. The second-order valence-electron chi connectivity index (χ2n) is 8.14. The largest absolute Gasteiger partial charge is 0.466 e. The number of anilines is 1. The highest BCUT2D eigenvalue weighted by Crippen LogP contribution is 2.12. The summed E-state index contributed by atoms with van der Waals surface area (Å²) in [5.41, 5.74) is 1.97. The molecular formula is C24H30N2O4. The summed E-state index contributed by atoms with van der Waals surface area (Å²) in [6, 6.07) is 16.6. The van der Waals surface area contributed by atoms with Crippen LogP contribution >= 0.6 is 0 Å². The van der Waals surface area contributed by atoms with Crippen LogP contribution in [0.2, 0.25) is 0 Å². The first kappa shape index (κ1) is 23.1. The van der Waals surface area contributed by atoms with Gasteiger partial charge >= 0.3 is 5.97 Å². The minimum atomic E-state index is -0.382. The molecule has 0 atom stereocenters. The molecule has 2 aromatic carbocycles. The Morgan fingerprint density at radius 3 is 2.20 bits per heavy atom. The smallest absolute Gasteiger partial charge is 0.306 e. The topological polar surface area (TPSA) is 84.5 Å². The monoisotopic (exact) mass is 410 g/mol. The van der Waals surface area contributed by atoms with Crippen LogP contribution in [0.4, 0.5) is 5.69 Å². The summed E-state index contributed by atoms with van der Waals surface area (Å²) < 4.78 is 5.18. The highest BCUT2D eigenvalue weighted by Gasteiger charge is 2.15. The molecule has 2 amide bonds. The molecule has 0 aromatic heterocycles. The van der Waals surface area contributed by atoms with Crippen molar-refractivity contribution in [1.29, 1.82) is 0 Å². The number of esters is 1. The molecule has 0 radical (unpaired) electrons. The zero-order chi connectivity index (χ0) is 22.0. The Morgan fingerprint density at radius 2 is 1.57 bits per heavy atom. The van der Waals surface area contributed by atoms with Crippen molar-refractivity contribution in [3.05, 3.63) is 65.7 Å². The molecule has 0 bridgehead atoms. The van der Waals surface area contributed by atoms with Crippen molar-refractivity contribution < 1.29 is 19.1 Å². The molecule has 0 aliphatic carbocycles. The van der Waals surface area contributed by atoms with Crippen LogP contribution in [0.3, 0.4) is 0 Å². The number of amides is 2. The summed E-state index contributed by atoms with van der Waals surface area (Å²) in [7, 11) is 0. The van der Waals surface area contributed by atoms with E-state index in [2.05, 4.69) is 10.6 Å². The normalized spacial score (nSPS) is 10.9. The van der Waals surface area contributed by atoms with Crippen molar-refractivity contribution in [3.63, 3.8) is 0 Å². The van der Waals surface area contributed by atoms with Gasteiger partial charge in [-0.1, -0.05) is 30.3 Å². The summed E-state index contributed by atoms with van der Waals surface area (Å²) >= 11 is 0. The first-order valence-corrected chi connectivity index (χ1v) is 10.1. The molecule has 0 heterocycles. The molecule has 0 aliphatic heterocycles. The van der Waals surface area contributed by atoms with Crippen molar-refractivity contribution in [2.24, 2.45) is 0 Å². The van der Waals surface area contributed by atoms with Crippen molar-refractivity contribution >= 4 is 23.5 Å². The van der Waals surface area contributed by atoms with Crippen molar-refractivity contribution in [1.82, 2.24) is 5.32 Å². The molecular weight excluding hydrogens is 380 g/mol. The molecule has 160 valence electrons. The number of carbonyl (C=O) groups excluding carboxylic acids is 3. The number of carbonyl (C=O) groups is 3. The lowest BCUT2D eigenvalue weighted by molar-refractivity contribution is -0.144. The highest BCUT2D eigenvalue weighted by molar-refractivity contribution is 5.96. The summed E-state index contributed by atoms with van der Waals surface area (Å²) in [6.45, 7) is 6.07. The molecule has 0 spiro atoms. The van der Waals surface area contributed by atoms with E-state index in [1.807, 2.05) is 51.1 Å². The zero-order valence-electron chi connectivity index (χ0n) is 17.9. The third kappa shape index (κ3) is 8.90. The van der Waals surface area contributed by atoms with Gasteiger partial charge in [0.15, 0.2) is 0 Å². The fourth-order valence-electron chi connectivity index (χ4n) is 2.74. The average Bonchev–Trinajstić information content (AvgIpc) is 2.70. The first-order valence-electron chi connectivity index (χ1n) is 10.1. The molecule has 2 aromatic rings. The quantitative estimate of drug-likeness (QED) is 0.481. The van der Waals surface area contributed by atoms with Crippen LogP contribution in [0.25, 0.3) is 0 Å². The van der Waals surface area contributed by atoms with Crippen LogP contribution < -0.4 is 10.6 Å². The van der Waals surface area contributed by atoms with E-state index in [1.165, 1.54) is 5.56 Å². The van der Waals surface area contributed by atoms with Crippen molar-refractivity contribution in [3.8, 4) is 0 Å². The van der Waals surface area contributed by atoms with Crippen LogP contribution in [-0.4, -0.2) is 29.9 Å². The molecule has 0 saturated carbocycles. The zero-order valence-corrected chi connectivity index (χ0v) is 17.9. The summed E-state index contributed by atoms with van der Waals surface area (Å²) in [5, 5.41) is 5.60. The Bertz CT molecular complexity index is 840. The van der Waals surface area contributed by atoms with Crippen LogP contribution in [0.1, 0.15) is 56.0 Å². The molecule has 2 rings (SSSR count). The maximum absolute atomic E-state index is 12.1. The standard InChI is InChI=1S/C24H30N2O4/c1-24(2,3)26-23(29)19-11-13-20(14-12-19)25-21(27)15-16-22(28)30-17-7-10-18-8-5-4-6-9-18/h4-6,8-9,11-14H,7,10,15-17H2,1-3H3,(H,25,27)(H,26,29). The van der Waals surface area contributed by atoms with Gasteiger partial charge in [-0.25, -0.2) is 0 Å². The van der Waals surface area contributed by atoms with E-state index < -0.39 is 0 Å². The van der Waals surface area contributed by atoms with E-state index in [0.717, 1.165) is 12.8 Å². The maximum atomic E-state index is 12.1. The van der Waals surface area contributed by atoms with Gasteiger partial charge in [-0.15, -0.1) is 0 Å². The van der Waals surface area contributed by atoms with Gasteiger partial charge in [0.1, 0.15) is 0 Å². The minimum absolute atomic E-state index is 0.0310. The lowest BCUT2D eigenvalue weighted by Crippen LogP contribution is -2.40. The van der Waals surface area contributed by atoms with E-state index in [4.69, 9.17) is 4.74 Å². The van der Waals surface area contributed by atoms with Gasteiger partial charge in [-0.05, 0) is 63.4 Å². The highest BCUT2D eigenvalue weighted by atomic mass is 16.5. The van der Waals surface area contributed by atoms with Gasteiger partial charge < -0.3 is 15.4 Å². The Hall–Kier alpha value is -3.15. The number of aryl methyl sites for hydroxylation is 1. The predicted molar refractivity (Wildman–Crippen MR) is 117 cm³/mol. The van der Waals surface area contributed by atoms with Crippen LogP contribution in [0.5, 0.6) is 0 Å². The second-order valence-corrected chi connectivity index (χ2v) is 8.14. The average molecular weight is 411 g/mol. The molecule has 30 heavy (non-hydrogen) atoms. The molecule has 6 nitrogen and oxygen atoms in total. The number of ether oxygens (including phenoxy) is 1. The summed E-state index contributed by atoms with van der Waals surface area (Å²) in [4.78, 5) is 35.9.